The molecule has 0 bridgehead atoms. The van der Waals surface area contributed by atoms with E-state index in [0.29, 0.717) is 5.69 Å². The van der Waals surface area contributed by atoms with Gasteiger partial charge in [-0.1, -0.05) is 30.3 Å². The Morgan fingerprint density at radius 2 is 2.00 bits per heavy atom. The van der Waals surface area contributed by atoms with Crippen molar-refractivity contribution in [2.24, 2.45) is 0 Å². The van der Waals surface area contributed by atoms with Gasteiger partial charge >= 0.3 is 0 Å². The molecule has 2 N–H and O–H groups in total. The molecule has 2 aromatic rings. The molecule has 1 atom stereocenters. The lowest BCUT2D eigenvalue weighted by Gasteiger charge is -2.20. The molecular formula is C10H11N3O. The second-order valence-corrected chi connectivity index (χ2v) is 3.29. The average molecular weight is 189 g/mol. The molecule has 0 saturated carbocycles. The van der Waals surface area contributed by atoms with Crippen LogP contribution >= 0.6 is 0 Å². The molecule has 0 aliphatic heterocycles. The van der Waals surface area contributed by atoms with Crippen LogP contribution in [-0.2, 0) is 5.60 Å². The minimum atomic E-state index is -1.09. The van der Waals surface area contributed by atoms with Crippen LogP contribution in [0.3, 0.4) is 0 Å². The van der Waals surface area contributed by atoms with Crippen LogP contribution in [0, 0.1) is 0 Å². The van der Waals surface area contributed by atoms with Gasteiger partial charge in [0.05, 0.1) is 6.20 Å². The number of nitrogens with one attached hydrogen (secondary N) is 1. The van der Waals surface area contributed by atoms with Crippen LogP contribution in [0.4, 0.5) is 0 Å². The Bertz CT molecular complexity index is 395. The average Bonchev–Trinajstić information content (AvgIpc) is 2.72. The van der Waals surface area contributed by atoms with E-state index >= 15 is 0 Å². The molecule has 4 heteroatoms. The molecule has 1 heterocycles. The van der Waals surface area contributed by atoms with Gasteiger partial charge < -0.3 is 5.11 Å². The molecule has 0 fully saturated rings. The van der Waals surface area contributed by atoms with Crippen molar-refractivity contribution in [3.05, 3.63) is 47.8 Å². The smallest absolute Gasteiger partial charge is 0.132 e. The summed E-state index contributed by atoms with van der Waals surface area (Å²) in [5.74, 6) is 0. The molecular weight excluding hydrogens is 178 g/mol. The van der Waals surface area contributed by atoms with E-state index in [1.807, 2.05) is 30.3 Å². The van der Waals surface area contributed by atoms with Crippen LogP contribution < -0.4 is 0 Å². The van der Waals surface area contributed by atoms with Crippen molar-refractivity contribution in [3.63, 3.8) is 0 Å². The highest BCUT2D eigenvalue weighted by atomic mass is 16.3. The van der Waals surface area contributed by atoms with Crippen LogP contribution in [0.2, 0.25) is 0 Å². The maximum absolute atomic E-state index is 10.2. The zero-order valence-electron chi connectivity index (χ0n) is 7.81. The summed E-state index contributed by atoms with van der Waals surface area (Å²) in [6, 6.07) is 9.37. The molecule has 0 amide bonds. The van der Waals surface area contributed by atoms with Crippen molar-refractivity contribution in [2.75, 3.05) is 0 Å². The normalized spacial score (nSPS) is 15.0. The zero-order valence-corrected chi connectivity index (χ0v) is 7.81. The second kappa shape index (κ2) is 3.23. The van der Waals surface area contributed by atoms with Gasteiger partial charge in [0, 0.05) is 0 Å². The number of H-pyrrole nitrogens is 1. The largest absolute Gasteiger partial charge is 0.379 e. The SMILES string of the molecule is CC(O)(c1ccccc1)c1cn[nH]n1. The monoisotopic (exact) mass is 189 g/mol. The molecule has 1 aromatic carbocycles. The molecule has 1 aromatic heterocycles. The first-order valence-corrected chi connectivity index (χ1v) is 4.35. The molecule has 1 unspecified atom stereocenters. The number of hydrogen-bond donors (Lipinski definition) is 2. The van der Waals surface area contributed by atoms with Gasteiger partial charge in [-0.25, -0.2) is 0 Å². The molecule has 72 valence electrons. The first kappa shape index (κ1) is 8.90. The second-order valence-electron chi connectivity index (χ2n) is 3.29. The third-order valence-electron chi connectivity index (χ3n) is 2.25. The Labute approximate surface area is 81.6 Å². The van der Waals surface area contributed by atoms with Crippen LogP contribution in [0.25, 0.3) is 0 Å². The summed E-state index contributed by atoms with van der Waals surface area (Å²) in [5, 5.41) is 20.3. The number of aromatic nitrogens is 3. The minimum Gasteiger partial charge on any atom is -0.379 e. The third-order valence-corrected chi connectivity index (χ3v) is 2.25. The predicted octanol–water partition coefficient (Wildman–Crippen LogP) is 1.06. The van der Waals surface area contributed by atoms with Crippen molar-refractivity contribution < 1.29 is 5.11 Å². The van der Waals surface area contributed by atoms with Crippen molar-refractivity contribution >= 4 is 0 Å². The lowest BCUT2D eigenvalue weighted by molar-refractivity contribution is 0.0973. The lowest BCUT2D eigenvalue weighted by atomic mass is 9.93. The zero-order chi connectivity index (χ0) is 10.0. The van der Waals surface area contributed by atoms with Gasteiger partial charge in [0.1, 0.15) is 11.3 Å². The summed E-state index contributed by atoms with van der Waals surface area (Å²) in [6.45, 7) is 1.69. The van der Waals surface area contributed by atoms with Gasteiger partial charge in [0.15, 0.2) is 0 Å². The highest BCUT2D eigenvalue weighted by molar-refractivity contribution is 5.29. The summed E-state index contributed by atoms with van der Waals surface area (Å²) in [5.41, 5.74) is 0.228. The lowest BCUT2D eigenvalue weighted by Crippen LogP contribution is -2.23. The van der Waals surface area contributed by atoms with E-state index in [4.69, 9.17) is 0 Å². The molecule has 0 aliphatic carbocycles. The Hall–Kier alpha value is -1.68. The molecule has 0 radical (unpaired) electrons. The number of benzene rings is 1. The third kappa shape index (κ3) is 1.40. The molecule has 4 nitrogen and oxygen atoms in total. The van der Waals surface area contributed by atoms with Gasteiger partial charge in [-0.15, -0.1) is 0 Å². The predicted molar refractivity (Wildman–Crippen MR) is 51.5 cm³/mol. The fourth-order valence-electron chi connectivity index (χ4n) is 1.35. The van der Waals surface area contributed by atoms with Gasteiger partial charge in [-0.05, 0) is 12.5 Å². The van der Waals surface area contributed by atoms with Gasteiger partial charge in [0.25, 0.3) is 0 Å². The number of nitrogens with zero attached hydrogens (tertiary/aromatic N) is 2. The van der Waals surface area contributed by atoms with E-state index in [1.165, 1.54) is 6.20 Å². The fourth-order valence-corrected chi connectivity index (χ4v) is 1.35. The highest BCUT2D eigenvalue weighted by Gasteiger charge is 2.27. The van der Waals surface area contributed by atoms with Crippen LogP contribution in [0.1, 0.15) is 18.2 Å². The van der Waals surface area contributed by atoms with Crippen LogP contribution in [0.15, 0.2) is 36.5 Å². The summed E-state index contributed by atoms with van der Waals surface area (Å²) < 4.78 is 0. The van der Waals surface area contributed by atoms with Gasteiger partial charge in [-0.2, -0.15) is 15.4 Å². The first-order valence-electron chi connectivity index (χ1n) is 4.35. The van der Waals surface area contributed by atoms with E-state index in [9.17, 15) is 5.11 Å². The first-order chi connectivity index (χ1) is 6.71. The van der Waals surface area contributed by atoms with E-state index < -0.39 is 5.60 Å². The summed E-state index contributed by atoms with van der Waals surface area (Å²) in [7, 11) is 0. The summed E-state index contributed by atoms with van der Waals surface area (Å²) in [4.78, 5) is 0. The Kier molecular flexibility index (Phi) is 2.05. The number of aliphatic hydroxyl groups is 1. The quantitative estimate of drug-likeness (QED) is 0.742. The van der Waals surface area contributed by atoms with E-state index in [0.717, 1.165) is 5.56 Å². The molecule has 0 saturated heterocycles. The standard InChI is InChI=1S/C10H11N3O/c1-10(14,9-7-11-13-12-9)8-5-3-2-4-6-8/h2-7,14H,1H3,(H,11,12,13). The maximum atomic E-state index is 10.2. The number of aromatic amines is 1. The van der Waals surface area contributed by atoms with Crippen molar-refractivity contribution in [3.8, 4) is 0 Å². The van der Waals surface area contributed by atoms with Gasteiger partial charge in [0.2, 0.25) is 0 Å². The minimum absolute atomic E-state index is 0.517. The van der Waals surface area contributed by atoms with Crippen molar-refractivity contribution in [1.29, 1.82) is 0 Å². The highest BCUT2D eigenvalue weighted by Crippen LogP contribution is 2.26. The number of rotatable bonds is 2. The summed E-state index contributed by atoms with van der Waals surface area (Å²) >= 11 is 0. The maximum Gasteiger partial charge on any atom is 0.132 e. The Morgan fingerprint density at radius 3 is 2.57 bits per heavy atom. The van der Waals surface area contributed by atoms with Gasteiger partial charge in [-0.3, -0.25) is 0 Å². The van der Waals surface area contributed by atoms with E-state index in [2.05, 4.69) is 15.4 Å². The Balaban J connectivity index is 2.43. The Morgan fingerprint density at radius 1 is 1.29 bits per heavy atom. The molecule has 14 heavy (non-hydrogen) atoms. The molecule has 2 rings (SSSR count). The van der Waals surface area contributed by atoms with Crippen molar-refractivity contribution in [2.45, 2.75) is 12.5 Å². The van der Waals surface area contributed by atoms with E-state index in [1.54, 1.807) is 6.92 Å². The topological polar surface area (TPSA) is 61.8 Å². The number of hydrogen-bond acceptors (Lipinski definition) is 3. The van der Waals surface area contributed by atoms with Crippen LogP contribution in [0.5, 0.6) is 0 Å². The van der Waals surface area contributed by atoms with Crippen molar-refractivity contribution in [1.82, 2.24) is 15.4 Å². The van der Waals surface area contributed by atoms with E-state index in [-0.39, 0.29) is 0 Å². The fraction of sp³-hybridized carbons (Fsp3) is 0.200. The molecule has 0 spiro atoms. The van der Waals surface area contributed by atoms with Crippen LogP contribution in [-0.4, -0.2) is 20.5 Å². The molecule has 0 aliphatic rings. The summed E-state index contributed by atoms with van der Waals surface area (Å²) in [6.07, 6.45) is 1.52.